The molecule has 0 fully saturated rings. The first-order chi connectivity index (χ1) is 13.7. The van der Waals surface area contributed by atoms with Crippen molar-refractivity contribution < 1.29 is 13.9 Å². The van der Waals surface area contributed by atoms with E-state index < -0.39 is 5.82 Å². The van der Waals surface area contributed by atoms with Crippen molar-refractivity contribution in [2.75, 3.05) is 14.2 Å². The molecular weight excluding hydrogens is 359 g/mol. The first-order valence-corrected chi connectivity index (χ1v) is 8.61. The van der Waals surface area contributed by atoms with Crippen molar-refractivity contribution >= 4 is 11.2 Å². The van der Waals surface area contributed by atoms with E-state index in [1.165, 1.54) is 20.3 Å². The molecule has 0 bridgehead atoms. The van der Waals surface area contributed by atoms with Crippen LogP contribution in [0.1, 0.15) is 11.3 Å². The summed E-state index contributed by atoms with van der Waals surface area (Å²) in [6.07, 6.45) is 5.38. The first kappa shape index (κ1) is 17.8. The lowest BCUT2D eigenvalue weighted by Crippen LogP contribution is -2.01. The van der Waals surface area contributed by atoms with Crippen molar-refractivity contribution in [3.05, 3.63) is 72.1 Å². The van der Waals surface area contributed by atoms with Crippen molar-refractivity contribution in [1.29, 1.82) is 0 Å². The summed E-state index contributed by atoms with van der Waals surface area (Å²) in [7, 11) is 2.95. The molecule has 7 heteroatoms. The van der Waals surface area contributed by atoms with E-state index in [2.05, 4.69) is 19.9 Å². The maximum atomic E-state index is 14.6. The lowest BCUT2D eigenvalue weighted by Gasteiger charge is -2.11. The summed E-state index contributed by atoms with van der Waals surface area (Å²) < 4.78 is 25.0. The first-order valence-electron chi connectivity index (χ1n) is 8.61. The maximum Gasteiger partial charge on any atom is 0.179 e. The zero-order valence-electron chi connectivity index (χ0n) is 15.4. The van der Waals surface area contributed by atoms with Crippen LogP contribution < -0.4 is 9.47 Å². The van der Waals surface area contributed by atoms with Crippen LogP contribution in [0.2, 0.25) is 0 Å². The van der Waals surface area contributed by atoms with E-state index in [0.717, 1.165) is 5.56 Å². The molecule has 0 radical (unpaired) electrons. The van der Waals surface area contributed by atoms with E-state index in [1.54, 1.807) is 24.7 Å². The molecular formula is C21H17FN4O2. The van der Waals surface area contributed by atoms with E-state index in [0.29, 0.717) is 33.9 Å². The molecule has 0 aliphatic heterocycles. The molecule has 0 atom stereocenters. The van der Waals surface area contributed by atoms with Crippen molar-refractivity contribution in [3.8, 4) is 22.8 Å². The van der Waals surface area contributed by atoms with E-state index in [4.69, 9.17) is 9.47 Å². The van der Waals surface area contributed by atoms with Gasteiger partial charge in [-0.2, -0.15) is 0 Å². The highest BCUT2D eigenvalue weighted by molar-refractivity contribution is 5.73. The van der Waals surface area contributed by atoms with Crippen LogP contribution in [0.3, 0.4) is 0 Å². The number of pyridine rings is 2. The smallest absolute Gasteiger partial charge is 0.179 e. The Morgan fingerprint density at radius 1 is 1.00 bits per heavy atom. The lowest BCUT2D eigenvalue weighted by molar-refractivity contribution is 0.371. The van der Waals surface area contributed by atoms with Crippen molar-refractivity contribution in [1.82, 2.24) is 19.9 Å². The largest absolute Gasteiger partial charge is 0.497 e. The molecule has 0 aliphatic rings. The van der Waals surface area contributed by atoms with Gasteiger partial charge in [0.05, 0.1) is 26.1 Å². The summed E-state index contributed by atoms with van der Waals surface area (Å²) in [6.45, 7) is 0. The average molecular weight is 376 g/mol. The normalized spacial score (nSPS) is 10.8. The number of rotatable bonds is 5. The van der Waals surface area contributed by atoms with E-state index >= 15 is 0 Å². The van der Waals surface area contributed by atoms with Crippen molar-refractivity contribution in [3.63, 3.8) is 0 Å². The molecule has 4 aromatic rings. The Labute approximate surface area is 161 Å². The second kappa shape index (κ2) is 7.56. The van der Waals surface area contributed by atoms with Gasteiger partial charge in [0.15, 0.2) is 17.2 Å². The summed E-state index contributed by atoms with van der Waals surface area (Å²) >= 11 is 0. The Bertz CT molecular complexity index is 1140. The van der Waals surface area contributed by atoms with Crippen LogP contribution in [0.4, 0.5) is 4.39 Å². The number of halogens is 1. The number of benzene rings is 1. The molecule has 3 heterocycles. The fourth-order valence-corrected chi connectivity index (χ4v) is 2.91. The lowest BCUT2D eigenvalue weighted by atomic mass is 10.1. The van der Waals surface area contributed by atoms with Gasteiger partial charge in [0.25, 0.3) is 0 Å². The Kier molecular flexibility index (Phi) is 4.80. The fraction of sp³-hybridized carbons (Fsp3) is 0.143. The molecule has 6 nitrogen and oxygen atoms in total. The number of hydrogen-bond donors (Lipinski definition) is 0. The molecule has 0 spiro atoms. The molecule has 4 rings (SSSR count). The van der Waals surface area contributed by atoms with E-state index in [1.807, 2.05) is 24.3 Å². The standard InChI is InChI=1S/C21H17FN4O2/c1-27-16-9-14(20(22)19(10-16)28-2)8-15-5-6-17-21(25-15)26-18(12-24-17)13-4-3-7-23-11-13/h3-7,9-12H,8H2,1-2H3. The molecule has 0 saturated carbocycles. The van der Waals surface area contributed by atoms with Crippen LogP contribution in [0.25, 0.3) is 22.4 Å². The highest BCUT2D eigenvalue weighted by Crippen LogP contribution is 2.28. The Balaban J connectivity index is 1.72. The third kappa shape index (κ3) is 3.46. The zero-order chi connectivity index (χ0) is 19.5. The highest BCUT2D eigenvalue weighted by atomic mass is 19.1. The summed E-state index contributed by atoms with van der Waals surface area (Å²) in [5.74, 6) is 0.224. The minimum Gasteiger partial charge on any atom is -0.497 e. The Morgan fingerprint density at radius 2 is 1.89 bits per heavy atom. The van der Waals surface area contributed by atoms with Crippen LogP contribution in [0, 0.1) is 5.82 Å². The zero-order valence-corrected chi connectivity index (χ0v) is 15.4. The van der Waals surface area contributed by atoms with Crippen LogP contribution in [-0.2, 0) is 6.42 Å². The third-order valence-electron chi connectivity index (χ3n) is 4.34. The summed E-state index contributed by atoms with van der Waals surface area (Å²) in [5, 5.41) is 0. The molecule has 3 aromatic heterocycles. The monoisotopic (exact) mass is 376 g/mol. The quantitative estimate of drug-likeness (QED) is 0.527. The SMILES string of the molecule is COc1cc(Cc2ccc3ncc(-c4cccnc4)nc3n2)c(F)c(OC)c1. The van der Waals surface area contributed by atoms with Crippen molar-refractivity contribution in [2.45, 2.75) is 6.42 Å². The van der Waals surface area contributed by atoms with E-state index in [-0.39, 0.29) is 12.2 Å². The van der Waals surface area contributed by atoms with Gasteiger partial charge in [-0.25, -0.2) is 14.4 Å². The van der Waals surface area contributed by atoms with Crippen molar-refractivity contribution in [2.24, 2.45) is 0 Å². The van der Waals surface area contributed by atoms with Crippen LogP contribution >= 0.6 is 0 Å². The Morgan fingerprint density at radius 3 is 2.64 bits per heavy atom. The van der Waals surface area contributed by atoms with Gasteiger partial charge >= 0.3 is 0 Å². The van der Waals surface area contributed by atoms with Gasteiger partial charge in [-0.1, -0.05) is 0 Å². The van der Waals surface area contributed by atoms with Gasteiger partial charge in [-0.15, -0.1) is 0 Å². The second-order valence-corrected chi connectivity index (χ2v) is 6.12. The van der Waals surface area contributed by atoms with Crippen LogP contribution in [0.15, 0.2) is 55.0 Å². The summed E-state index contributed by atoms with van der Waals surface area (Å²) in [4.78, 5) is 17.7. The molecule has 0 N–H and O–H groups in total. The van der Waals surface area contributed by atoms with Gasteiger partial charge < -0.3 is 9.47 Å². The second-order valence-electron chi connectivity index (χ2n) is 6.12. The molecule has 0 aliphatic carbocycles. The van der Waals surface area contributed by atoms with Crippen LogP contribution in [0.5, 0.6) is 11.5 Å². The fourth-order valence-electron chi connectivity index (χ4n) is 2.91. The van der Waals surface area contributed by atoms with Gasteiger partial charge in [-0.3, -0.25) is 9.97 Å². The number of nitrogens with zero attached hydrogens (tertiary/aromatic N) is 4. The molecule has 28 heavy (non-hydrogen) atoms. The number of ether oxygens (including phenoxy) is 2. The van der Waals surface area contributed by atoms with Gasteiger partial charge in [0, 0.05) is 41.7 Å². The molecule has 1 aromatic carbocycles. The van der Waals surface area contributed by atoms with E-state index in [9.17, 15) is 4.39 Å². The minimum absolute atomic E-state index is 0.133. The van der Waals surface area contributed by atoms with Gasteiger partial charge in [0.1, 0.15) is 11.3 Å². The maximum absolute atomic E-state index is 14.6. The topological polar surface area (TPSA) is 70.0 Å². The van der Waals surface area contributed by atoms with Gasteiger partial charge in [-0.05, 0) is 30.3 Å². The average Bonchev–Trinajstić information content (AvgIpc) is 2.75. The molecule has 0 amide bonds. The summed E-state index contributed by atoms with van der Waals surface area (Å²) in [6, 6.07) is 10.5. The molecule has 0 unspecified atom stereocenters. The van der Waals surface area contributed by atoms with Crippen LogP contribution in [-0.4, -0.2) is 34.2 Å². The molecule has 140 valence electrons. The number of fused-ring (bicyclic) bond motifs is 1. The highest BCUT2D eigenvalue weighted by Gasteiger charge is 2.14. The Hall–Kier alpha value is -3.61. The summed E-state index contributed by atoms with van der Waals surface area (Å²) in [5.41, 5.74) is 3.79. The predicted molar refractivity (Wildman–Crippen MR) is 103 cm³/mol. The number of aromatic nitrogens is 4. The van der Waals surface area contributed by atoms with Gasteiger partial charge in [0.2, 0.25) is 0 Å². The number of hydrogen-bond acceptors (Lipinski definition) is 6. The number of methoxy groups -OCH3 is 2. The third-order valence-corrected chi connectivity index (χ3v) is 4.34. The minimum atomic E-state index is -0.430. The molecule has 0 saturated heterocycles. The predicted octanol–water partition coefficient (Wildman–Crippen LogP) is 3.83.